The second-order valence-corrected chi connectivity index (χ2v) is 5.35. The van der Waals surface area contributed by atoms with E-state index >= 15 is 0 Å². The Labute approximate surface area is 137 Å². The number of methoxy groups -OCH3 is 1. The van der Waals surface area contributed by atoms with Crippen LogP contribution < -0.4 is 14.8 Å². The predicted molar refractivity (Wildman–Crippen MR) is 92.4 cm³/mol. The summed E-state index contributed by atoms with van der Waals surface area (Å²) in [4.78, 5) is 0. The van der Waals surface area contributed by atoms with Gasteiger partial charge in [0.2, 0.25) is 0 Å². The van der Waals surface area contributed by atoms with E-state index in [1.165, 1.54) is 0 Å². The number of hydrogen-bond acceptors (Lipinski definition) is 4. The van der Waals surface area contributed by atoms with Gasteiger partial charge in [0.15, 0.2) is 11.5 Å². The van der Waals surface area contributed by atoms with Gasteiger partial charge in [-0.2, -0.15) is 0 Å². The molecule has 2 rings (SSSR count). The van der Waals surface area contributed by atoms with E-state index in [0.29, 0.717) is 24.1 Å². The Hall–Kier alpha value is -1.49. The minimum absolute atomic E-state index is 0. The van der Waals surface area contributed by atoms with Crippen molar-refractivity contribution in [2.24, 2.45) is 0 Å². The molecule has 0 amide bonds. The summed E-state index contributed by atoms with van der Waals surface area (Å²) in [5.41, 5.74) is 0. The Bertz CT molecular complexity index is 589. The molecule has 1 unspecified atom stereocenters. The maximum atomic E-state index is 9.97. The number of halogens is 1. The Kier molecular flexibility index (Phi) is 7.45. The van der Waals surface area contributed by atoms with Crippen molar-refractivity contribution in [2.75, 3.05) is 20.3 Å². The highest BCUT2D eigenvalue weighted by atomic mass is 35.5. The molecule has 0 aromatic heterocycles. The Morgan fingerprint density at radius 2 is 1.86 bits per heavy atom. The van der Waals surface area contributed by atoms with Crippen molar-refractivity contribution < 1.29 is 14.6 Å². The fourth-order valence-electron chi connectivity index (χ4n) is 2.14. The molecule has 22 heavy (non-hydrogen) atoms. The van der Waals surface area contributed by atoms with Gasteiger partial charge >= 0.3 is 0 Å². The molecular weight excluding hydrogens is 302 g/mol. The van der Waals surface area contributed by atoms with E-state index in [4.69, 9.17) is 9.47 Å². The van der Waals surface area contributed by atoms with Crippen molar-refractivity contribution in [2.45, 2.75) is 26.0 Å². The molecule has 0 aliphatic carbocycles. The number of fused-ring (bicyclic) bond motifs is 1. The van der Waals surface area contributed by atoms with E-state index in [1.54, 1.807) is 7.11 Å². The van der Waals surface area contributed by atoms with Gasteiger partial charge in [-0.3, -0.25) is 0 Å². The van der Waals surface area contributed by atoms with Gasteiger partial charge in [-0.1, -0.05) is 44.2 Å². The molecule has 122 valence electrons. The van der Waals surface area contributed by atoms with E-state index in [9.17, 15) is 5.11 Å². The molecule has 0 aliphatic rings. The lowest BCUT2D eigenvalue weighted by Crippen LogP contribution is -2.35. The average Bonchev–Trinajstić information content (AvgIpc) is 2.50. The molecule has 0 fully saturated rings. The summed E-state index contributed by atoms with van der Waals surface area (Å²) in [5.74, 6) is 1.36. The number of hydrogen-bond donors (Lipinski definition) is 2. The summed E-state index contributed by atoms with van der Waals surface area (Å²) < 4.78 is 11.2. The quantitative estimate of drug-likeness (QED) is 0.821. The minimum Gasteiger partial charge on any atom is -0.493 e. The molecule has 2 aromatic carbocycles. The second kappa shape index (κ2) is 8.83. The maximum Gasteiger partial charge on any atom is 0.169 e. The van der Waals surface area contributed by atoms with Gasteiger partial charge in [-0.25, -0.2) is 0 Å². The zero-order chi connectivity index (χ0) is 15.2. The Morgan fingerprint density at radius 1 is 1.14 bits per heavy atom. The van der Waals surface area contributed by atoms with Gasteiger partial charge in [0, 0.05) is 18.0 Å². The van der Waals surface area contributed by atoms with E-state index < -0.39 is 6.10 Å². The van der Waals surface area contributed by atoms with Crippen LogP contribution in [0, 0.1) is 0 Å². The van der Waals surface area contributed by atoms with Crippen molar-refractivity contribution in [1.29, 1.82) is 0 Å². The molecule has 0 bridgehead atoms. The lowest BCUT2D eigenvalue weighted by molar-refractivity contribution is 0.104. The van der Waals surface area contributed by atoms with Gasteiger partial charge in [0.1, 0.15) is 12.7 Å². The molecule has 0 heterocycles. The number of rotatable bonds is 7. The van der Waals surface area contributed by atoms with E-state index in [-0.39, 0.29) is 19.0 Å². The molecule has 0 radical (unpaired) electrons. The summed E-state index contributed by atoms with van der Waals surface area (Å²) >= 11 is 0. The zero-order valence-electron chi connectivity index (χ0n) is 13.2. The summed E-state index contributed by atoms with van der Waals surface area (Å²) in [7, 11) is 1.62. The van der Waals surface area contributed by atoms with Crippen LogP contribution in [0.15, 0.2) is 36.4 Å². The first-order valence-electron chi connectivity index (χ1n) is 7.21. The van der Waals surface area contributed by atoms with Crippen molar-refractivity contribution in [3.05, 3.63) is 36.4 Å². The van der Waals surface area contributed by atoms with Gasteiger partial charge in [-0.15, -0.1) is 12.4 Å². The van der Waals surface area contributed by atoms with Crippen LogP contribution in [0.3, 0.4) is 0 Å². The highest BCUT2D eigenvalue weighted by Gasteiger charge is 2.12. The van der Waals surface area contributed by atoms with Crippen LogP contribution >= 0.6 is 12.4 Å². The topological polar surface area (TPSA) is 50.7 Å². The van der Waals surface area contributed by atoms with Crippen molar-refractivity contribution in [3.63, 3.8) is 0 Å². The van der Waals surface area contributed by atoms with Crippen LogP contribution in [0.1, 0.15) is 13.8 Å². The van der Waals surface area contributed by atoms with Crippen LogP contribution in [0.4, 0.5) is 0 Å². The first kappa shape index (κ1) is 18.6. The maximum absolute atomic E-state index is 9.97. The van der Waals surface area contributed by atoms with Crippen LogP contribution in [0.25, 0.3) is 10.8 Å². The molecule has 0 aliphatic heterocycles. The third-order valence-corrected chi connectivity index (χ3v) is 3.25. The number of benzene rings is 2. The molecule has 4 nitrogen and oxygen atoms in total. The number of nitrogens with one attached hydrogen (secondary N) is 1. The number of ether oxygens (including phenoxy) is 2. The second-order valence-electron chi connectivity index (χ2n) is 5.35. The fraction of sp³-hybridized carbons (Fsp3) is 0.412. The molecule has 1 atom stereocenters. The number of aliphatic hydroxyl groups excluding tert-OH is 1. The van der Waals surface area contributed by atoms with Crippen molar-refractivity contribution >= 4 is 23.2 Å². The van der Waals surface area contributed by atoms with E-state index in [2.05, 4.69) is 5.32 Å². The first-order valence-corrected chi connectivity index (χ1v) is 7.21. The molecule has 2 aromatic rings. The largest absolute Gasteiger partial charge is 0.493 e. The molecule has 2 N–H and O–H groups in total. The van der Waals surface area contributed by atoms with Crippen LogP contribution in [-0.2, 0) is 0 Å². The first-order chi connectivity index (χ1) is 10.1. The Morgan fingerprint density at radius 3 is 2.55 bits per heavy atom. The van der Waals surface area contributed by atoms with Crippen molar-refractivity contribution in [3.8, 4) is 11.5 Å². The monoisotopic (exact) mass is 325 g/mol. The van der Waals surface area contributed by atoms with E-state index in [1.807, 2.05) is 50.2 Å². The molecule has 5 heteroatoms. The standard InChI is InChI=1S/C17H23NO3.ClH/c1-12(2)18-10-14(19)11-21-17-15-7-5-4-6-13(15)8-9-16(17)20-3;/h4-9,12,14,18-19H,10-11H2,1-3H3;1H. The summed E-state index contributed by atoms with van der Waals surface area (Å²) in [6, 6.07) is 12.2. The molecule has 0 spiro atoms. The summed E-state index contributed by atoms with van der Waals surface area (Å²) in [5, 5.41) is 15.2. The normalized spacial score (nSPS) is 12.0. The third kappa shape index (κ3) is 4.77. The lowest BCUT2D eigenvalue weighted by Gasteiger charge is -2.17. The minimum atomic E-state index is -0.559. The Balaban J connectivity index is 0.00000242. The van der Waals surface area contributed by atoms with Gasteiger partial charge in [-0.05, 0) is 11.5 Å². The van der Waals surface area contributed by atoms with Crippen LogP contribution in [-0.4, -0.2) is 37.5 Å². The van der Waals surface area contributed by atoms with Gasteiger partial charge in [0.25, 0.3) is 0 Å². The van der Waals surface area contributed by atoms with Gasteiger partial charge in [0.05, 0.1) is 7.11 Å². The fourth-order valence-corrected chi connectivity index (χ4v) is 2.14. The number of aliphatic hydroxyl groups is 1. The third-order valence-electron chi connectivity index (χ3n) is 3.25. The smallest absolute Gasteiger partial charge is 0.169 e. The summed E-state index contributed by atoms with van der Waals surface area (Å²) in [6.45, 7) is 4.82. The highest BCUT2D eigenvalue weighted by Crippen LogP contribution is 2.35. The highest BCUT2D eigenvalue weighted by molar-refractivity contribution is 5.90. The zero-order valence-corrected chi connectivity index (χ0v) is 14.0. The average molecular weight is 326 g/mol. The summed E-state index contributed by atoms with van der Waals surface area (Å²) in [6.07, 6.45) is -0.559. The van der Waals surface area contributed by atoms with Crippen LogP contribution in [0.2, 0.25) is 0 Å². The van der Waals surface area contributed by atoms with Crippen molar-refractivity contribution in [1.82, 2.24) is 5.32 Å². The molecule has 0 saturated heterocycles. The van der Waals surface area contributed by atoms with Gasteiger partial charge < -0.3 is 19.9 Å². The lowest BCUT2D eigenvalue weighted by atomic mass is 10.1. The molecule has 0 saturated carbocycles. The predicted octanol–water partition coefficient (Wildman–Crippen LogP) is 3.01. The van der Waals surface area contributed by atoms with Crippen LogP contribution in [0.5, 0.6) is 11.5 Å². The SMILES string of the molecule is COc1ccc2ccccc2c1OCC(O)CNC(C)C.Cl. The van der Waals surface area contributed by atoms with E-state index in [0.717, 1.165) is 10.8 Å². The molecular formula is C17H24ClNO3.